The lowest BCUT2D eigenvalue weighted by atomic mass is 10.1. The SMILES string of the molecule is COc1cc2c(cc1OCCCC(=O)Nc1cc(C(=O)Nc3cc(C(=O)NCCC(=O)Nc4cn(C)c(C(=O)Nc5cc(C(=O)NCCC(=O)Nc6cc(C(=O)Nc7cc(C(=O)NCCCN(C)C)n(C)c7)n(C)c6)n(C)c5)n4)n(C)c3)n(C)c1)N=C[C@@H]1CCCN1C2=O. The number of hydrogen-bond donors (Lipinski definition) is 9. The average molecular weight is 1290 g/mol. The van der Waals surface area contributed by atoms with Gasteiger partial charge in [-0.3, -0.25) is 52.9 Å². The lowest BCUT2D eigenvalue weighted by molar-refractivity contribution is -0.117. The third-order valence-electron chi connectivity index (χ3n) is 15.5. The third kappa shape index (κ3) is 16.6. The highest BCUT2D eigenvalue weighted by atomic mass is 16.5. The molecule has 1 aromatic carbocycles. The van der Waals surface area contributed by atoms with Gasteiger partial charge in [0.25, 0.3) is 41.4 Å². The quantitative estimate of drug-likeness (QED) is 0.0311. The Balaban J connectivity index is 0.662. The van der Waals surface area contributed by atoms with Crippen molar-refractivity contribution in [2.45, 2.75) is 51.0 Å². The Morgan fingerprint density at radius 1 is 0.521 bits per heavy atom. The van der Waals surface area contributed by atoms with Gasteiger partial charge in [-0.05, 0) is 82.7 Å². The molecular formula is C63H77N19O12. The van der Waals surface area contributed by atoms with Gasteiger partial charge in [-0.2, -0.15) is 0 Å². The minimum atomic E-state index is -0.644. The number of carbonyl (C=O) groups excluding carboxylic acids is 10. The van der Waals surface area contributed by atoms with Gasteiger partial charge < -0.3 is 94.5 Å². The van der Waals surface area contributed by atoms with Crippen LogP contribution in [0.25, 0.3) is 0 Å². The van der Waals surface area contributed by atoms with Crippen molar-refractivity contribution in [2.75, 3.05) is 92.4 Å². The molecule has 1 saturated heterocycles. The number of benzene rings is 1. The maximum Gasteiger partial charge on any atom is 0.291 e. The highest BCUT2D eigenvalue weighted by Gasteiger charge is 2.33. The number of imidazole rings is 1. The van der Waals surface area contributed by atoms with Gasteiger partial charge in [0.2, 0.25) is 23.5 Å². The number of carbonyl (C=O) groups is 10. The number of rotatable bonds is 28. The van der Waals surface area contributed by atoms with Gasteiger partial charge in [-0.25, -0.2) is 4.98 Å². The van der Waals surface area contributed by atoms with Crippen LogP contribution in [0.15, 0.2) is 84.6 Å². The summed E-state index contributed by atoms with van der Waals surface area (Å²) in [5, 5.41) is 24.7. The zero-order valence-electron chi connectivity index (χ0n) is 53.7. The van der Waals surface area contributed by atoms with Crippen molar-refractivity contribution >= 4 is 105 Å². The number of methoxy groups -OCH3 is 1. The van der Waals surface area contributed by atoms with Crippen LogP contribution >= 0.6 is 0 Å². The van der Waals surface area contributed by atoms with Gasteiger partial charge in [0.1, 0.15) is 28.5 Å². The largest absolute Gasteiger partial charge is 0.493 e. The van der Waals surface area contributed by atoms with E-state index in [0.29, 0.717) is 70.7 Å². The van der Waals surface area contributed by atoms with Gasteiger partial charge in [0, 0.05) is 137 Å². The first-order valence-electron chi connectivity index (χ1n) is 30.3. The first kappa shape index (κ1) is 67.2. The number of nitrogens with zero attached hydrogens (tertiary/aromatic N) is 10. The molecule has 1 atom stereocenters. The summed E-state index contributed by atoms with van der Waals surface area (Å²) in [6.45, 7) is 2.07. The number of fused-ring (bicyclic) bond motifs is 2. The molecule has 94 heavy (non-hydrogen) atoms. The Labute approximate surface area is 540 Å². The van der Waals surface area contributed by atoms with Crippen LogP contribution in [0.5, 0.6) is 11.5 Å². The smallest absolute Gasteiger partial charge is 0.291 e. The molecule has 0 aliphatic carbocycles. The zero-order valence-corrected chi connectivity index (χ0v) is 53.7. The molecule has 31 nitrogen and oxygen atoms in total. The van der Waals surface area contributed by atoms with Gasteiger partial charge in [-0.1, -0.05) is 0 Å². The molecule has 1 fully saturated rings. The molecule has 6 aromatic heterocycles. The molecule has 9 N–H and O–H groups in total. The van der Waals surface area contributed by atoms with Crippen LogP contribution in [0.3, 0.4) is 0 Å². The van der Waals surface area contributed by atoms with Crippen LogP contribution in [0.2, 0.25) is 0 Å². The second kappa shape index (κ2) is 29.8. The van der Waals surface area contributed by atoms with E-state index in [1.165, 1.54) is 57.5 Å². The molecule has 0 unspecified atom stereocenters. The molecule has 10 amide bonds. The second-order valence-corrected chi connectivity index (χ2v) is 23.1. The number of nitrogens with one attached hydrogen (secondary N) is 9. The topological polar surface area (TPSA) is 359 Å². The van der Waals surface area contributed by atoms with E-state index in [0.717, 1.165) is 25.8 Å². The van der Waals surface area contributed by atoms with Crippen molar-refractivity contribution in [3.8, 4) is 11.5 Å². The lowest BCUT2D eigenvalue weighted by Crippen LogP contribution is -2.35. The summed E-state index contributed by atoms with van der Waals surface area (Å²) >= 11 is 0. The van der Waals surface area contributed by atoms with Crippen LogP contribution in [0.4, 0.5) is 39.9 Å². The molecule has 8 heterocycles. The summed E-state index contributed by atoms with van der Waals surface area (Å²) in [5.41, 5.74) is 3.92. The number of aromatic nitrogens is 7. The molecule has 0 radical (unpaired) electrons. The third-order valence-corrected chi connectivity index (χ3v) is 15.5. The van der Waals surface area contributed by atoms with E-state index in [9.17, 15) is 47.9 Å². The van der Waals surface area contributed by atoms with Crippen molar-refractivity contribution in [1.82, 2.24) is 58.1 Å². The summed E-state index contributed by atoms with van der Waals surface area (Å²) in [4.78, 5) is 144. The minimum Gasteiger partial charge on any atom is -0.493 e. The van der Waals surface area contributed by atoms with Gasteiger partial charge in [0.05, 0.1) is 59.4 Å². The average Bonchev–Trinajstić information content (AvgIpc) is 1.56. The van der Waals surface area contributed by atoms with E-state index >= 15 is 0 Å². The van der Waals surface area contributed by atoms with Gasteiger partial charge in [0.15, 0.2) is 17.3 Å². The first-order valence-corrected chi connectivity index (χ1v) is 30.3. The summed E-state index contributed by atoms with van der Waals surface area (Å²) in [6, 6.07) is 10.8. The molecule has 9 rings (SSSR count). The maximum absolute atomic E-state index is 13.4. The van der Waals surface area contributed by atoms with Crippen molar-refractivity contribution in [3.63, 3.8) is 0 Å². The standard InChI is InChI=1S/C63H77N19O12/c1-75(2)20-12-17-64-57(86)45-25-39(33-76(45)3)70-61(90)49-24-38(32-80(49)7)69-54(84)15-18-65-59(88)47-27-41(35-78(47)5)72-62(91)56-74-52(36-81(56)8)73-55(85)16-19-66-58(87)46-26-40(34-77(46)4)71-60(89)48-23-37(31-79(48)6)68-53(83)14-11-22-94-51-29-44-43(28-50(51)93-9)63(92)82-21-10-13-42(82)30-67-44/h23-36,42H,10-22H2,1-9H3,(H,64,86)(H,65,88)(H,66,87)(H,68,83)(H,69,84)(H,70,90)(H,71,89)(H,72,91)(H,73,85)/t42-/m0/s1. The van der Waals surface area contributed by atoms with E-state index in [1.807, 2.05) is 23.9 Å². The molecule has 2 aliphatic heterocycles. The van der Waals surface area contributed by atoms with Crippen molar-refractivity contribution in [2.24, 2.45) is 47.3 Å². The van der Waals surface area contributed by atoms with Crippen molar-refractivity contribution in [1.29, 1.82) is 0 Å². The molecule has 2 aliphatic rings. The normalized spacial score (nSPS) is 13.1. The van der Waals surface area contributed by atoms with Crippen molar-refractivity contribution in [3.05, 3.63) is 120 Å². The molecule has 0 saturated carbocycles. The van der Waals surface area contributed by atoms with E-state index in [-0.39, 0.29) is 103 Å². The number of amides is 10. The number of aryl methyl sites for hydroxylation is 6. The van der Waals surface area contributed by atoms with E-state index < -0.39 is 41.4 Å². The summed E-state index contributed by atoms with van der Waals surface area (Å²) in [7, 11) is 15.2. The number of hydrogen-bond acceptors (Lipinski definition) is 15. The van der Waals surface area contributed by atoms with Gasteiger partial charge >= 0.3 is 0 Å². The minimum absolute atomic E-state index is 0.0363. The highest BCUT2D eigenvalue weighted by molar-refractivity contribution is 6.08. The fourth-order valence-electron chi connectivity index (χ4n) is 10.7. The zero-order chi connectivity index (χ0) is 67.5. The van der Waals surface area contributed by atoms with Crippen LogP contribution in [0.1, 0.15) is 118 Å². The molecule has 0 spiro atoms. The van der Waals surface area contributed by atoms with Crippen molar-refractivity contribution < 1.29 is 57.4 Å². The Morgan fingerprint density at radius 3 is 1.48 bits per heavy atom. The Hall–Kier alpha value is -11.2. The highest BCUT2D eigenvalue weighted by Crippen LogP contribution is 2.38. The first-order chi connectivity index (χ1) is 44.9. The predicted octanol–water partition coefficient (Wildman–Crippen LogP) is 4.20. The predicted molar refractivity (Wildman–Crippen MR) is 349 cm³/mol. The summed E-state index contributed by atoms with van der Waals surface area (Å²) in [6.07, 6.45) is 13.9. The Morgan fingerprint density at radius 2 is 0.979 bits per heavy atom. The van der Waals surface area contributed by atoms with Gasteiger partial charge in [-0.15, -0.1) is 0 Å². The van der Waals surface area contributed by atoms with Crippen LogP contribution in [-0.2, 0) is 56.7 Å². The molecular weight excluding hydrogens is 1210 g/mol. The summed E-state index contributed by atoms with van der Waals surface area (Å²) in [5.74, 6) is -3.45. The fourth-order valence-corrected chi connectivity index (χ4v) is 10.7. The lowest BCUT2D eigenvalue weighted by Gasteiger charge is -2.20. The monoisotopic (exact) mass is 1290 g/mol. The maximum atomic E-state index is 13.4. The molecule has 7 aromatic rings. The Kier molecular flexibility index (Phi) is 21.3. The summed E-state index contributed by atoms with van der Waals surface area (Å²) < 4.78 is 20.6. The number of aliphatic imine (C=N–C) groups is 1. The fraction of sp³-hybridized carbons (Fsp3) is 0.365. The molecule has 31 heteroatoms. The Bertz CT molecular complexity index is 4100. The van der Waals surface area contributed by atoms with E-state index in [2.05, 4.69) is 57.8 Å². The molecule has 0 bridgehead atoms. The number of anilines is 6. The van der Waals surface area contributed by atoms with E-state index in [1.54, 1.807) is 105 Å². The molecule has 496 valence electrons. The van der Waals surface area contributed by atoms with Crippen LogP contribution < -0.4 is 57.3 Å². The van der Waals surface area contributed by atoms with E-state index in [4.69, 9.17) is 9.47 Å². The second-order valence-electron chi connectivity index (χ2n) is 23.1. The number of ether oxygens (including phenoxy) is 2. The van der Waals surface area contributed by atoms with Crippen LogP contribution in [-0.4, -0.2) is 174 Å². The van der Waals surface area contributed by atoms with Crippen LogP contribution in [0, 0.1) is 0 Å².